The molecule has 0 heterocycles. The Morgan fingerprint density at radius 3 is 2.26 bits per heavy atom. The van der Waals surface area contributed by atoms with E-state index >= 15 is 0 Å². The highest BCUT2D eigenvalue weighted by atomic mass is 16.5. The van der Waals surface area contributed by atoms with Crippen LogP contribution in [0.25, 0.3) is 0 Å². The van der Waals surface area contributed by atoms with Gasteiger partial charge in [-0.1, -0.05) is 19.9 Å². The first kappa shape index (κ1) is 18.2. The van der Waals surface area contributed by atoms with Gasteiger partial charge in [-0.15, -0.1) is 6.58 Å². The fraction of sp³-hybridized carbons (Fsp3) is 0.750. The Morgan fingerprint density at radius 2 is 1.89 bits per heavy atom. The van der Waals surface area contributed by atoms with E-state index in [0.717, 1.165) is 5.76 Å². The van der Waals surface area contributed by atoms with Gasteiger partial charge in [0.05, 0.1) is 12.4 Å². The summed E-state index contributed by atoms with van der Waals surface area (Å²) >= 11 is 0. The standard InChI is InChI=1S/C16H31NO2/c1-8-12(3)16(17(6)7)15(11-18)13(4)10-14(5)19-9-2/h8,10,12-13,15-16,18H,1,9,11H2,2-7H3/b14-10+/t12?,13?,15?,16-/m1/s1. The molecule has 0 aromatic rings. The van der Waals surface area contributed by atoms with Crippen LogP contribution in [0.1, 0.15) is 27.7 Å². The third kappa shape index (κ3) is 5.79. The molecule has 0 bridgehead atoms. The predicted molar refractivity (Wildman–Crippen MR) is 82.0 cm³/mol. The molecule has 0 spiro atoms. The second kappa shape index (κ2) is 9.16. The summed E-state index contributed by atoms with van der Waals surface area (Å²) in [7, 11) is 4.11. The summed E-state index contributed by atoms with van der Waals surface area (Å²) in [6, 6.07) is 0.267. The number of ether oxygens (including phenoxy) is 1. The fourth-order valence-corrected chi connectivity index (χ4v) is 2.74. The molecule has 3 unspecified atom stereocenters. The van der Waals surface area contributed by atoms with E-state index in [9.17, 15) is 5.11 Å². The van der Waals surface area contributed by atoms with Gasteiger partial charge in [0.15, 0.2) is 0 Å². The van der Waals surface area contributed by atoms with Crippen LogP contribution in [-0.4, -0.2) is 43.4 Å². The first-order chi connectivity index (χ1) is 8.88. The van der Waals surface area contributed by atoms with Crippen LogP contribution in [0.5, 0.6) is 0 Å². The summed E-state index contributed by atoms with van der Waals surface area (Å²) in [5.41, 5.74) is 0. The van der Waals surface area contributed by atoms with Gasteiger partial charge >= 0.3 is 0 Å². The van der Waals surface area contributed by atoms with Crippen LogP contribution in [0, 0.1) is 17.8 Å². The summed E-state index contributed by atoms with van der Waals surface area (Å²) in [6.45, 7) is 13.0. The minimum Gasteiger partial charge on any atom is -0.499 e. The molecule has 0 aromatic carbocycles. The molecule has 112 valence electrons. The van der Waals surface area contributed by atoms with Crippen molar-refractivity contribution in [3.63, 3.8) is 0 Å². The maximum atomic E-state index is 9.77. The summed E-state index contributed by atoms with van der Waals surface area (Å²) < 4.78 is 5.48. The van der Waals surface area contributed by atoms with E-state index in [1.54, 1.807) is 0 Å². The van der Waals surface area contributed by atoms with Gasteiger partial charge in [-0.05, 0) is 45.9 Å². The van der Waals surface area contributed by atoms with Crippen LogP contribution < -0.4 is 0 Å². The number of allylic oxidation sites excluding steroid dienone is 2. The lowest BCUT2D eigenvalue weighted by molar-refractivity contribution is 0.0859. The minimum atomic E-state index is 0.165. The van der Waals surface area contributed by atoms with E-state index in [1.807, 2.05) is 19.9 Å². The molecule has 0 saturated carbocycles. The van der Waals surface area contributed by atoms with E-state index in [-0.39, 0.29) is 24.5 Å². The fourth-order valence-electron chi connectivity index (χ4n) is 2.74. The Balaban J connectivity index is 5.04. The predicted octanol–water partition coefficient (Wildman–Crippen LogP) is 2.92. The van der Waals surface area contributed by atoms with E-state index in [2.05, 4.69) is 45.5 Å². The molecule has 0 saturated heterocycles. The molecule has 1 N–H and O–H groups in total. The van der Waals surface area contributed by atoms with Crippen molar-refractivity contribution in [1.29, 1.82) is 0 Å². The Bertz CT molecular complexity index is 286. The third-order valence-corrected chi connectivity index (χ3v) is 3.70. The van der Waals surface area contributed by atoms with Crippen molar-refractivity contribution in [2.24, 2.45) is 17.8 Å². The zero-order valence-electron chi connectivity index (χ0n) is 13.4. The zero-order chi connectivity index (χ0) is 15.0. The number of rotatable bonds is 9. The summed E-state index contributed by atoms with van der Waals surface area (Å²) in [4.78, 5) is 2.17. The number of hydrogen-bond donors (Lipinski definition) is 1. The third-order valence-electron chi connectivity index (χ3n) is 3.70. The zero-order valence-corrected chi connectivity index (χ0v) is 13.4. The first-order valence-corrected chi connectivity index (χ1v) is 7.10. The first-order valence-electron chi connectivity index (χ1n) is 7.10. The normalized spacial score (nSPS) is 18.8. The lowest BCUT2D eigenvalue weighted by atomic mass is 9.80. The lowest BCUT2D eigenvalue weighted by Crippen LogP contribution is -2.43. The Kier molecular flexibility index (Phi) is 8.77. The van der Waals surface area contributed by atoms with Gasteiger partial charge in [-0.25, -0.2) is 0 Å². The van der Waals surface area contributed by atoms with Crippen molar-refractivity contribution < 1.29 is 9.84 Å². The molecule has 0 aliphatic heterocycles. The Hall–Kier alpha value is -0.800. The van der Waals surface area contributed by atoms with Gasteiger partial charge in [0.25, 0.3) is 0 Å². The average Bonchev–Trinajstić information content (AvgIpc) is 2.34. The number of aliphatic hydroxyl groups is 1. The van der Waals surface area contributed by atoms with E-state index in [4.69, 9.17) is 4.74 Å². The monoisotopic (exact) mass is 269 g/mol. The number of hydrogen-bond acceptors (Lipinski definition) is 3. The van der Waals surface area contributed by atoms with Crippen molar-refractivity contribution in [1.82, 2.24) is 4.90 Å². The molecule has 0 aliphatic carbocycles. The highest BCUT2D eigenvalue weighted by Gasteiger charge is 2.30. The van der Waals surface area contributed by atoms with E-state index in [1.165, 1.54) is 0 Å². The topological polar surface area (TPSA) is 32.7 Å². The van der Waals surface area contributed by atoms with E-state index in [0.29, 0.717) is 12.5 Å². The molecule has 4 atom stereocenters. The second-order valence-corrected chi connectivity index (χ2v) is 5.46. The molecule has 0 amide bonds. The smallest absolute Gasteiger partial charge is 0.0891 e. The molecular formula is C16H31NO2. The van der Waals surface area contributed by atoms with Gasteiger partial charge in [0, 0.05) is 18.6 Å². The van der Waals surface area contributed by atoms with Crippen LogP contribution in [-0.2, 0) is 4.74 Å². The van der Waals surface area contributed by atoms with Crippen LogP contribution in [0.2, 0.25) is 0 Å². The second-order valence-electron chi connectivity index (χ2n) is 5.46. The van der Waals surface area contributed by atoms with Crippen molar-refractivity contribution in [2.75, 3.05) is 27.3 Å². The molecule has 3 nitrogen and oxygen atoms in total. The molecule has 3 heteroatoms. The van der Waals surface area contributed by atoms with Crippen LogP contribution in [0.3, 0.4) is 0 Å². The number of aliphatic hydroxyl groups excluding tert-OH is 1. The Morgan fingerprint density at radius 1 is 1.32 bits per heavy atom. The minimum absolute atomic E-state index is 0.165. The van der Waals surface area contributed by atoms with Gasteiger partial charge in [-0.2, -0.15) is 0 Å². The highest BCUT2D eigenvalue weighted by Crippen LogP contribution is 2.27. The molecule has 0 aliphatic rings. The average molecular weight is 269 g/mol. The summed E-state index contributed by atoms with van der Waals surface area (Å²) in [5, 5.41) is 9.77. The molecule has 0 rings (SSSR count). The lowest BCUT2D eigenvalue weighted by Gasteiger charge is -2.37. The maximum Gasteiger partial charge on any atom is 0.0891 e. The molecule has 0 fully saturated rings. The quantitative estimate of drug-likeness (QED) is 0.516. The molecule has 0 radical (unpaired) electrons. The van der Waals surface area contributed by atoms with Crippen molar-refractivity contribution >= 4 is 0 Å². The van der Waals surface area contributed by atoms with Crippen molar-refractivity contribution in [3.8, 4) is 0 Å². The van der Waals surface area contributed by atoms with Gasteiger partial charge in [-0.3, -0.25) is 0 Å². The van der Waals surface area contributed by atoms with Crippen LogP contribution >= 0.6 is 0 Å². The van der Waals surface area contributed by atoms with Crippen molar-refractivity contribution in [3.05, 3.63) is 24.5 Å². The highest BCUT2D eigenvalue weighted by molar-refractivity contribution is 5.00. The SMILES string of the molecule is C=CC(C)[C@H](C(CO)C(C)/C=C(\C)OCC)N(C)C. The largest absolute Gasteiger partial charge is 0.499 e. The summed E-state index contributed by atoms with van der Waals surface area (Å²) in [5.74, 6) is 1.68. The summed E-state index contributed by atoms with van der Waals surface area (Å²) in [6.07, 6.45) is 4.07. The molecule has 0 aromatic heterocycles. The number of nitrogens with zero attached hydrogens (tertiary/aromatic N) is 1. The van der Waals surface area contributed by atoms with Gasteiger partial charge in [0.2, 0.25) is 0 Å². The van der Waals surface area contributed by atoms with Gasteiger partial charge < -0.3 is 14.7 Å². The molecule has 19 heavy (non-hydrogen) atoms. The van der Waals surface area contributed by atoms with Crippen molar-refractivity contribution in [2.45, 2.75) is 33.7 Å². The van der Waals surface area contributed by atoms with Gasteiger partial charge in [0.1, 0.15) is 0 Å². The maximum absolute atomic E-state index is 9.77. The van der Waals surface area contributed by atoms with Crippen LogP contribution in [0.15, 0.2) is 24.5 Å². The molecular weight excluding hydrogens is 238 g/mol. The Labute approximate surface area is 119 Å². The van der Waals surface area contributed by atoms with E-state index < -0.39 is 0 Å². The van der Waals surface area contributed by atoms with Crippen LogP contribution in [0.4, 0.5) is 0 Å².